The molecule has 1 aliphatic heterocycles. The predicted octanol–water partition coefficient (Wildman–Crippen LogP) is 2.76. The molecule has 1 N–H and O–H groups in total. The van der Waals surface area contributed by atoms with Crippen LogP contribution in [0.25, 0.3) is 0 Å². The fourth-order valence-corrected chi connectivity index (χ4v) is 2.52. The SMILES string of the molecule is COc1ccc([C@@H](CF)N2CCNCC2)c(C)c1.Cl.Cl. The summed E-state index contributed by atoms with van der Waals surface area (Å²) in [4.78, 5) is 2.21. The molecule has 1 aromatic carbocycles. The van der Waals surface area contributed by atoms with E-state index in [9.17, 15) is 4.39 Å². The highest BCUT2D eigenvalue weighted by Gasteiger charge is 2.23. The maximum absolute atomic E-state index is 13.4. The zero-order valence-corrected chi connectivity index (χ0v) is 13.5. The topological polar surface area (TPSA) is 24.5 Å². The summed E-state index contributed by atoms with van der Waals surface area (Å²) in [6.45, 7) is 5.35. The van der Waals surface area contributed by atoms with E-state index in [-0.39, 0.29) is 37.5 Å². The van der Waals surface area contributed by atoms with Crippen LogP contribution in [0, 0.1) is 6.92 Å². The molecule has 1 aliphatic rings. The molecular weight excluding hydrogens is 302 g/mol. The second-order valence-electron chi connectivity index (χ2n) is 4.68. The molecule has 0 saturated carbocycles. The van der Waals surface area contributed by atoms with Crippen LogP contribution >= 0.6 is 24.8 Å². The second-order valence-corrected chi connectivity index (χ2v) is 4.68. The summed E-state index contributed by atoms with van der Waals surface area (Å²) in [7, 11) is 1.65. The van der Waals surface area contributed by atoms with Crippen LogP contribution in [0.1, 0.15) is 17.2 Å². The Morgan fingerprint density at radius 2 is 1.95 bits per heavy atom. The van der Waals surface area contributed by atoms with E-state index in [1.54, 1.807) is 7.11 Å². The highest BCUT2D eigenvalue weighted by atomic mass is 35.5. The summed E-state index contributed by atoms with van der Waals surface area (Å²) in [5.74, 6) is 0.828. The molecule has 6 heteroatoms. The number of halogens is 3. The van der Waals surface area contributed by atoms with Gasteiger partial charge in [-0.25, -0.2) is 4.39 Å². The molecule has 116 valence electrons. The molecule has 3 nitrogen and oxygen atoms in total. The van der Waals surface area contributed by atoms with Crippen molar-refractivity contribution in [3.63, 3.8) is 0 Å². The third-order valence-electron chi connectivity index (χ3n) is 3.57. The van der Waals surface area contributed by atoms with Gasteiger partial charge in [-0.15, -0.1) is 24.8 Å². The summed E-state index contributed by atoms with van der Waals surface area (Å²) in [5, 5.41) is 3.29. The van der Waals surface area contributed by atoms with Gasteiger partial charge in [0.05, 0.1) is 13.2 Å². The van der Waals surface area contributed by atoms with Gasteiger partial charge in [0, 0.05) is 26.2 Å². The first-order valence-electron chi connectivity index (χ1n) is 6.41. The van der Waals surface area contributed by atoms with Crippen LogP contribution in [0.15, 0.2) is 18.2 Å². The van der Waals surface area contributed by atoms with Gasteiger partial charge in [-0.3, -0.25) is 4.90 Å². The number of piperazine rings is 1. The fraction of sp³-hybridized carbons (Fsp3) is 0.571. The summed E-state index contributed by atoms with van der Waals surface area (Å²) >= 11 is 0. The second kappa shape index (κ2) is 9.40. The van der Waals surface area contributed by atoms with Gasteiger partial charge in [0.25, 0.3) is 0 Å². The van der Waals surface area contributed by atoms with Gasteiger partial charge >= 0.3 is 0 Å². The van der Waals surface area contributed by atoms with Crippen molar-refractivity contribution in [2.45, 2.75) is 13.0 Å². The van der Waals surface area contributed by atoms with E-state index >= 15 is 0 Å². The number of ether oxygens (including phenoxy) is 1. The summed E-state index contributed by atoms with van der Waals surface area (Å²) in [6, 6.07) is 5.74. The van der Waals surface area contributed by atoms with Crippen LogP contribution in [-0.2, 0) is 0 Å². The molecule has 0 amide bonds. The third kappa shape index (κ3) is 4.48. The van der Waals surface area contributed by atoms with E-state index in [0.29, 0.717) is 0 Å². The lowest BCUT2D eigenvalue weighted by Gasteiger charge is -2.34. The fourth-order valence-electron chi connectivity index (χ4n) is 2.52. The first-order valence-corrected chi connectivity index (χ1v) is 6.41. The maximum Gasteiger partial charge on any atom is 0.119 e. The lowest BCUT2D eigenvalue weighted by Crippen LogP contribution is -2.45. The van der Waals surface area contributed by atoms with Crippen molar-refractivity contribution in [1.29, 1.82) is 0 Å². The summed E-state index contributed by atoms with van der Waals surface area (Å²) in [5.41, 5.74) is 2.16. The minimum absolute atomic E-state index is 0. The van der Waals surface area contributed by atoms with Gasteiger partial charge in [0.2, 0.25) is 0 Å². The van der Waals surface area contributed by atoms with Crippen LogP contribution in [0.2, 0.25) is 0 Å². The monoisotopic (exact) mass is 324 g/mol. The number of methoxy groups -OCH3 is 1. The molecule has 1 aromatic rings. The molecule has 20 heavy (non-hydrogen) atoms. The number of alkyl halides is 1. The molecule has 0 aromatic heterocycles. The zero-order chi connectivity index (χ0) is 13.0. The maximum atomic E-state index is 13.4. The molecule has 0 bridgehead atoms. The standard InChI is InChI=1S/C14H21FN2O.2ClH/c1-11-9-12(18-2)3-4-13(11)14(10-15)17-7-5-16-6-8-17;;/h3-4,9,14,16H,5-8,10H2,1-2H3;2*1H/t14-;;/m1../s1. The average Bonchev–Trinajstić information content (AvgIpc) is 2.42. The largest absolute Gasteiger partial charge is 0.497 e. The van der Waals surface area contributed by atoms with E-state index in [1.807, 2.05) is 25.1 Å². The average molecular weight is 325 g/mol. The predicted molar refractivity (Wildman–Crippen MR) is 85.4 cm³/mol. The Kier molecular flexibility index (Phi) is 9.14. The molecule has 0 spiro atoms. The van der Waals surface area contributed by atoms with E-state index in [0.717, 1.165) is 43.1 Å². The van der Waals surface area contributed by atoms with Gasteiger partial charge in [-0.2, -0.15) is 0 Å². The molecule has 1 heterocycles. The van der Waals surface area contributed by atoms with E-state index in [2.05, 4.69) is 10.2 Å². The molecule has 1 saturated heterocycles. The van der Waals surface area contributed by atoms with Gasteiger partial charge in [0.1, 0.15) is 12.4 Å². The van der Waals surface area contributed by atoms with E-state index in [1.165, 1.54) is 0 Å². The van der Waals surface area contributed by atoms with Crippen LogP contribution in [-0.4, -0.2) is 44.9 Å². The first kappa shape index (κ1) is 19.4. The quantitative estimate of drug-likeness (QED) is 0.921. The van der Waals surface area contributed by atoms with Crippen molar-refractivity contribution < 1.29 is 9.13 Å². The highest BCUT2D eigenvalue weighted by Crippen LogP contribution is 2.27. The number of hydrogen-bond donors (Lipinski definition) is 1. The number of nitrogens with zero attached hydrogens (tertiary/aromatic N) is 1. The molecule has 2 rings (SSSR count). The van der Waals surface area contributed by atoms with E-state index in [4.69, 9.17) is 4.74 Å². The lowest BCUT2D eigenvalue weighted by molar-refractivity contribution is 0.147. The normalized spacial score (nSPS) is 16.8. The Hall–Kier alpha value is -0.550. The lowest BCUT2D eigenvalue weighted by atomic mass is 10.00. The molecular formula is C14H23Cl2FN2O. The van der Waals surface area contributed by atoms with Crippen molar-refractivity contribution >= 4 is 24.8 Å². The van der Waals surface area contributed by atoms with Crippen molar-refractivity contribution in [3.8, 4) is 5.75 Å². The van der Waals surface area contributed by atoms with Crippen molar-refractivity contribution in [2.75, 3.05) is 40.0 Å². The van der Waals surface area contributed by atoms with Gasteiger partial charge in [-0.05, 0) is 30.2 Å². The Morgan fingerprint density at radius 1 is 1.30 bits per heavy atom. The van der Waals surface area contributed by atoms with Gasteiger partial charge in [0.15, 0.2) is 0 Å². The minimum atomic E-state index is -0.340. The number of rotatable bonds is 4. The van der Waals surface area contributed by atoms with Crippen LogP contribution in [0.4, 0.5) is 4.39 Å². The first-order chi connectivity index (χ1) is 8.76. The Balaban J connectivity index is 0.00000180. The molecule has 0 aliphatic carbocycles. The van der Waals surface area contributed by atoms with Crippen LogP contribution in [0.3, 0.4) is 0 Å². The smallest absolute Gasteiger partial charge is 0.119 e. The Morgan fingerprint density at radius 3 is 2.45 bits per heavy atom. The van der Waals surface area contributed by atoms with Crippen molar-refractivity contribution in [2.24, 2.45) is 0 Å². The highest BCUT2D eigenvalue weighted by molar-refractivity contribution is 5.85. The molecule has 1 atom stereocenters. The molecule has 0 radical (unpaired) electrons. The van der Waals surface area contributed by atoms with Crippen molar-refractivity contribution in [1.82, 2.24) is 10.2 Å². The van der Waals surface area contributed by atoms with Gasteiger partial charge in [-0.1, -0.05) is 6.07 Å². The van der Waals surface area contributed by atoms with Crippen LogP contribution < -0.4 is 10.1 Å². The van der Waals surface area contributed by atoms with Crippen LogP contribution in [0.5, 0.6) is 5.75 Å². The summed E-state index contributed by atoms with van der Waals surface area (Å²) in [6.07, 6.45) is 0. The summed E-state index contributed by atoms with van der Waals surface area (Å²) < 4.78 is 18.6. The number of hydrogen-bond acceptors (Lipinski definition) is 3. The molecule has 1 fully saturated rings. The third-order valence-corrected chi connectivity index (χ3v) is 3.57. The number of benzene rings is 1. The number of nitrogens with one attached hydrogen (secondary N) is 1. The number of aryl methyl sites for hydroxylation is 1. The molecule has 0 unspecified atom stereocenters. The Bertz CT molecular complexity index is 401. The van der Waals surface area contributed by atoms with Gasteiger partial charge < -0.3 is 10.1 Å². The minimum Gasteiger partial charge on any atom is -0.497 e. The van der Waals surface area contributed by atoms with Crippen molar-refractivity contribution in [3.05, 3.63) is 29.3 Å². The zero-order valence-electron chi connectivity index (χ0n) is 11.9. The van der Waals surface area contributed by atoms with E-state index < -0.39 is 0 Å². The Labute approximate surface area is 132 Å².